The number of anilines is 1. The molecule has 0 saturated carbocycles. The van der Waals surface area contributed by atoms with Crippen molar-refractivity contribution in [3.8, 4) is 0 Å². The Bertz CT molecular complexity index is 868. The minimum atomic E-state index is -0.309. The maximum atomic E-state index is 13.4. The van der Waals surface area contributed by atoms with Crippen molar-refractivity contribution in [1.29, 1.82) is 5.41 Å². The Morgan fingerprint density at radius 1 is 1.10 bits per heavy atom. The summed E-state index contributed by atoms with van der Waals surface area (Å²) in [6.45, 7) is 0.574. The van der Waals surface area contributed by atoms with E-state index in [9.17, 15) is 4.39 Å². The molecule has 4 heteroatoms. The average molecular weight is 277 g/mol. The van der Waals surface area contributed by atoms with Gasteiger partial charge in [-0.3, -0.25) is 10.4 Å². The highest BCUT2D eigenvalue weighted by Crippen LogP contribution is 2.32. The van der Waals surface area contributed by atoms with Crippen molar-refractivity contribution < 1.29 is 4.39 Å². The molecule has 4 rings (SSSR count). The molecule has 3 aromatic rings. The number of pyridine rings is 1. The van der Waals surface area contributed by atoms with E-state index in [0.29, 0.717) is 17.9 Å². The smallest absolute Gasteiger partial charge is 0.133 e. The van der Waals surface area contributed by atoms with Crippen LogP contribution in [0.1, 0.15) is 11.1 Å². The zero-order chi connectivity index (χ0) is 14.4. The average Bonchev–Trinajstić information content (AvgIpc) is 2.83. The number of halogens is 1. The molecule has 1 aliphatic rings. The van der Waals surface area contributed by atoms with E-state index < -0.39 is 0 Å². The Balaban J connectivity index is 1.87. The second kappa shape index (κ2) is 4.38. The summed E-state index contributed by atoms with van der Waals surface area (Å²) in [4.78, 5) is 6.30. The van der Waals surface area contributed by atoms with Gasteiger partial charge in [-0.15, -0.1) is 0 Å². The van der Waals surface area contributed by atoms with Gasteiger partial charge in [0.1, 0.15) is 11.7 Å². The van der Waals surface area contributed by atoms with E-state index in [0.717, 1.165) is 22.2 Å². The highest BCUT2D eigenvalue weighted by atomic mass is 19.1. The van der Waals surface area contributed by atoms with Crippen LogP contribution in [0.5, 0.6) is 0 Å². The summed E-state index contributed by atoms with van der Waals surface area (Å²) in [5.41, 5.74) is 3.37. The summed E-state index contributed by atoms with van der Waals surface area (Å²) in [5, 5.41) is 9.36. The molecular formula is C17H12FN3. The fraction of sp³-hybridized carbons (Fsp3) is 0.0588. The van der Waals surface area contributed by atoms with Crippen molar-refractivity contribution in [2.24, 2.45) is 0 Å². The lowest BCUT2D eigenvalue weighted by Crippen LogP contribution is -2.23. The predicted molar refractivity (Wildman–Crippen MR) is 81.2 cm³/mol. The molecule has 0 radical (unpaired) electrons. The van der Waals surface area contributed by atoms with E-state index in [1.165, 1.54) is 12.1 Å². The highest BCUT2D eigenvalue weighted by molar-refractivity contribution is 6.14. The van der Waals surface area contributed by atoms with Gasteiger partial charge in [0.05, 0.1) is 17.7 Å². The molecule has 0 amide bonds. The zero-order valence-corrected chi connectivity index (χ0v) is 11.2. The molecule has 0 bridgehead atoms. The van der Waals surface area contributed by atoms with Crippen LogP contribution in [0.3, 0.4) is 0 Å². The molecule has 0 atom stereocenters. The first-order chi connectivity index (χ1) is 10.2. The lowest BCUT2D eigenvalue weighted by atomic mass is 10.1. The Hall–Kier alpha value is -2.75. The van der Waals surface area contributed by atoms with E-state index >= 15 is 0 Å². The van der Waals surface area contributed by atoms with Gasteiger partial charge in [0, 0.05) is 17.1 Å². The maximum absolute atomic E-state index is 13.4. The molecule has 0 fully saturated rings. The van der Waals surface area contributed by atoms with Crippen LogP contribution in [0, 0.1) is 11.2 Å². The van der Waals surface area contributed by atoms with Gasteiger partial charge in [-0.2, -0.15) is 0 Å². The molecule has 0 spiro atoms. The first-order valence-corrected chi connectivity index (χ1v) is 6.73. The molecule has 1 aromatic heterocycles. The zero-order valence-electron chi connectivity index (χ0n) is 11.2. The number of fused-ring (bicyclic) bond motifs is 2. The number of hydrogen-bond acceptors (Lipinski definition) is 2. The van der Waals surface area contributed by atoms with Crippen molar-refractivity contribution in [3.63, 3.8) is 0 Å². The highest BCUT2D eigenvalue weighted by Gasteiger charge is 2.27. The van der Waals surface area contributed by atoms with Crippen molar-refractivity contribution >= 4 is 22.4 Å². The molecule has 2 heterocycles. The van der Waals surface area contributed by atoms with Crippen molar-refractivity contribution in [1.82, 2.24) is 4.98 Å². The third kappa shape index (κ3) is 1.80. The Morgan fingerprint density at radius 2 is 1.95 bits per heavy atom. The summed E-state index contributed by atoms with van der Waals surface area (Å²) in [6, 6.07) is 14.4. The predicted octanol–water partition coefficient (Wildman–Crippen LogP) is 3.72. The van der Waals surface area contributed by atoms with Crippen LogP contribution in [0.4, 0.5) is 10.1 Å². The molecule has 2 aromatic carbocycles. The molecule has 0 saturated heterocycles. The lowest BCUT2D eigenvalue weighted by Gasteiger charge is -2.19. The molecule has 0 aliphatic carbocycles. The van der Waals surface area contributed by atoms with Gasteiger partial charge in [0.25, 0.3) is 0 Å². The number of benzene rings is 2. The summed E-state index contributed by atoms with van der Waals surface area (Å²) in [7, 11) is 0. The first-order valence-electron chi connectivity index (χ1n) is 6.73. The van der Waals surface area contributed by atoms with E-state index in [4.69, 9.17) is 5.41 Å². The van der Waals surface area contributed by atoms with Gasteiger partial charge in [-0.1, -0.05) is 24.3 Å². The normalized spacial score (nSPS) is 13.8. The molecule has 1 aliphatic heterocycles. The van der Waals surface area contributed by atoms with Crippen molar-refractivity contribution in [3.05, 3.63) is 71.7 Å². The number of aromatic nitrogens is 1. The number of rotatable bonds is 1. The van der Waals surface area contributed by atoms with Crippen LogP contribution in [0.15, 0.2) is 54.7 Å². The van der Waals surface area contributed by atoms with Crippen LogP contribution in [-0.4, -0.2) is 10.8 Å². The quantitative estimate of drug-likeness (QED) is 0.736. The maximum Gasteiger partial charge on any atom is 0.133 e. The Kier molecular flexibility index (Phi) is 2.51. The Morgan fingerprint density at radius 3 is 2.86 bits per heavy atom. The topological polar surface area (TPSA) is 40.0 Å². The standard InChI is InChI=1S/C17H12FN3/c18-13-7-6-12-10-21(17(19)14(12)9-13)15-5-1-3-11-4-2-8-20-16(11)15/h1-9,19H,10H2. The minimum Gasteiger partial charge on any atom is -0.320 e. The van der Waals surface area contributed by atoms with Gasteiger partial charge in [0.2, 0.25) is 0 Å². The second-order valence-corrected chi connectivity index (χ2v) is 5.09. The van der Waals surface area contributed by atoms with Crippen LogP contribution >= 0.6 is 0 Å². The number of para-hydroxylation sites is 1. The van der Waals surface area contributed by atoms with Gasteiger partial charge < -0.3 is 4.90 Å². The van der Waals surface area contributed by atoms with E-state index in [1.54, 1.807) is 12.3 Å². The van der Waals surface area contributed by atoms with Crippen LogP contribution in [0.2, 0.25) is 0 Å². The number of nitrogens with zero attached hydrogens (tertiary/aromatic N) is 2. The first kappa shape index (κ1) is 12.0. The van der Waals surface area contributed by atoms with Gasteiger partial charge in [-0.25, -0.2) is 4.39 Å². The summed E-state index contributed by atoms with van der Waals surface area (Å²) < 4.78 is 13.4. The van der Waals surface area contributed by atoms with Crippen molar-refractivity contribution in [2.45, 2.75) is 6.54 Å². The third-order valence-corrected chi connectivity index (χ3v) is 3.83. The fourth-order valence-electron chi connectivity index (χ4n) is 2.81. The second-order valence-electron chi connectivity index (χ2n) is 5.09. The SMILES string of the molecule is N=C1c2cc(F)ccc2CN1c1cccc2cccnc12. The molecule has 102 valence electrons. The van der Waals surface area contributed by atoms with E-state index in [2.05, 4.69) is 4.98 Å². The van der Waals surface area contributed by atoms with Crippen molar-refractivity contribution in [2.75, 3.05) is 4.90 Å². The molecule has 21 heavy (non-hydrogen) atoms. The van der Waals surface area contributed by atoms with E-state index in [-0.39, 0.29) is 5.82 Å². The monoisotopic (exact) mass is 277 g/mol. The van der Waals surface area contributed by atoms with E-state index in [1.807, 2.05) is 35.2 Å². The number of hydrogen-bond donors (Lipinski definition) is 1. The third-order valence-electron chi connectivity index (χ3n) is 3.83. The molecule has 0 unspecified atom stereocenters. The Labute approximate surface area is 121 Å². The summed E-state index contributed by atoms with van der Waals surface area (Å²) in [6.07, 6.45) is 1.75. The van der Waals surface area contributed by atoms with Gasteiger partial charge in [0.15, 0.2) is 0 Å². The van der Waals surface area contributed by atoms with Crippen LogP contribution in [0.25, 0.3) is 10.9 Å². The summed E-state index contributed by atoms with van der Waals surface area (Å²) >= 11 is 0. The minimum absolute atomic E-state index is 0.309. The lowest BCUT2D eigenvalue weighted by molar-refractivity contribution is 0.627. The summed E-state index contributed by atoms with van der Waals surface area (Å²) in [5.74, 6) is 0.0130. The van der Waals surface area contributed by atoms with Crippen LogP contribution < -0.4 is 4.90 Å². The molecular weight excluding hydrogens is 265 g/mol. The number of nitrogens with one attached hydrogen (secondary N) is 1. The molecule has 3 nitrogen and oxygen atoms in total. The molecule has 1 N–H and O–H groups in total. The van der Waals surface area contributed by atoms with Gasteiger partial charge in [-0.05, 0) is 29.8 Å². The van der Waals surface area contributed by atoms with Crippen LogP contribution in [-0.2, 0) is 6.54 Å². The largest absolute Gasteiger partial charge is 0.320 e. The van der Waals surface area contributed by atoms with Gasteiger partial charge >= 0.3 is 0 Å². The number of amidine groups is 1. The fourth-order valence-corrected chi connectivity index (χ4v) is 2.81.